The first kappa shape index (κ1) is 21.3. The second-order valence-electron chi connectivity index (χ2n) is 4.67. The third-order valence-corrected chi connectivity index (χ3v) is 2.67. The minimum absolute atomic E-state index is 0.267. The van der Waals surface area contributed by atoms with Crippen molar-refractivity contribution in [3.8, 4) is 0 Å². The molecule has 2 atom stereocenters. The zero-order chi connectivity index (χ0) is 18.7. The Morgan fingerprint density at radius 2 is 1.50 bits per heavy atom. The quantitative estimate of drug-likeness (QED) is 0.193. The van der Waals surface area contributed by atoms with Crippen LogP contribution in [0.15, 0.2) is 0 Å². The number of aliphatic hydroxyl groups excluding tert-OH is 1. The summed E-state index contributed by atoms with van der Waals surface area (Å²) in [7, 11) is 0. The first-order chi connectivity index (χ1) is 11.2. The number of hydrogen-bond acceptors (Lipinski definition) is 7. The minimum atomic E-state index is -1.31. The summed E-state index contributed by atoms with van der Waals surface area (Å²) < 4.78 is 0. The van der Waals surface area contributed by atoms with Crippen LogP contribution >= 0.6 is 0 Å². The van der Waals surface area contributed by atoms with Gasteiger partial charge in [0.05, 0.1) is 13.2 Å². The van der Waals surface area contributed by atoms with Crippen LogP contribution in [0.1, 0.15) is 12.8 Å². The molecular formula is C12H20N4O8. The van der Waals surface area contributed by atoms with Gasteiger partial charge in [-0.05, 0) is 6.42 Å². The number of carbonyl (C=O) groups excluding carboxylic acids is 3. The van der Waals surface area contributed by atoms with Crippen LogP contribution in [0.4, 0.5) is 0 Å². The first-order valence-electron chi connectivity index (χ1n) is 6.82. The fourth-order valence-corrected chi connectivity index (χ4v) is 1.45. The summed E-state index contributed by atoms with van der Waals surface area (Å²) in [6.45, 7) is -1.87. The van der Waals surface area contributed by atoms with E-state index in [2.05, 4.69) is 10.6 Å². The van der Waals surface area contributed by atoms with E-state index >= 15 is 0 Å². The van der Waals surface area contributed by atoms with Gasteiger partial charge in [0.15, 0.2) is 0 Å². The van der Waals surface area contributed by atoms with Gasteiger partial charge in [0.2, 0.25) is 17.7 Å². The molecule has 12 nitrogen and oxygen atoms in total. The fourth-order valence-electron chi connectivity index (χ4n) is 1.45. The Bertz CT molecular complexity index is 495. The highest BCUT2D eigenvalue weighted by molar-refractivity contribution is 5.92. The molecular weight excluding hydrogens is 328 g/mol. The number of nitrogens with one attached hydrogen (secondary N) is 3. The topological polar surface area (TPSA) is 208 Å². The number of amides is 3. The molecule has 0 aromatic heterocycles. The molecule has 0 saturated carbocycles. The molecule has 0 aliphatic rings. The van der Waals surface area contributed by atoms with Crippen molar-refractivity contribution in [1.29, 1.82) is 0 Å². The zero-order valence-electron chi connectivity index (χ0n) is 12.7. The maximum absolute atomic E-state index is 11.8. The lowest BCUT2D eigenvalue weighted by molar-refractivity contribution is -0.140. The third kappa shape index (κ3) is 9.32. The summed E-state index contributed by atoms with van der Waals surface area (Å²) in [5.74, 6) is -4.98. The lowest BCUT2D eigenvalue weighted by atomic mass is 10.1. The molecule has 24 heavy (non-hydrogen) atoms. The van der Waals surface area contributed by atoms with Crippen molar-refractivity contribution in [1.82, 2.24) is 16.0 Å². The monoisotopic (exact) mass is 348 g/mol. The molecule has 0 radical (unpaired) electrons. The molecule has 136 valence electrons. The van der Waals surface area contributed by atoms with Gasteiger partial charge in [-0.1, -0.05) is 0 Å². The number of rotatable bonds is 11. The van der Waals surface area contributed by atoms with Crippen molar-refractivity contribution >= 4 is 29.7 Å². The van der Waals surface area contributed by atoms with Gasteiger partial charge in [-0.3, -0.25) is 24.0 Å². The smallest absolute Gasteiger partial charge is 0.322 e. The Morgan fingerprint density at radius 3 is 2.00 bits per heavy atom. The lowest BCUT2D eigenvalue weighted by Crippen LogP contribution is -2.52. The van der Waals surface area contributed by atoms with Crippen molar-refractivity contribution in [2.75, 3.05) is 19.7 Å². The largest absolute Gasteiger partial charge is 0.481 e. The molecule has 8 N–H and O–H groups in total. The molecule has 0 heterocycles. The molecule has 2 unspecified atom stereocenters. The molecule has 12 heteroatoms. The Morgan fingerprint density at radius 1 is 0.917 bits per heavy atom. The van der Waals surface area contributed by atoms with Crippen LogP contribution in [-0.2, 0) is 24.0 Å². The highest BCUT2D eigenvalue weighted by Gasteiger charge is 2.22. The average molecular weight is 348 g/mol. The Labute approximate surface area is 136 Å². The van der Waals surface area contributed by atoms with Crippen LogP contribution in [0.25, 0.3) is 0 Å². The summed E-state index contributed by atoms with van der Waals surface area (Å²) in [5, 5.41) is 32.1. The second-order valence-corrected chi connectivity index (χ2v) is 4.67. The Kier molecular flexibility index (Phi) is 9.67. The van der Waals surface area contributed by atoms with Crippen molar-refractivity contribution in [3.63, 3.8) is 0 Å². The van der Waals surface area contributed by atoms with Gasteiger partial charge in [-0.15, -0.1) is 0 Å². The molecule has 0 aliphatic carbocycles. The number of carboxylic acid groups (broad SMARTS) is 2. The fraction of sp³-hybridized carbons (Fsp3) is 0.583. The molecule has 0 bridgehead atoms. The van der Waals surface area contributed by atoms with Crippen LogP contribution in [0, 0.1) is 0 Å². The zero-order valence-corrected chi connectivity index (χ0v) is 12.7. The van der Waals surface area contributed by atoms with Gasteiger partial charge >= 0.3 is 11.9 Å². The number of hydrogen-bond donors (Lipinski definition) is 7. The predicted molar refractivity (Wildman–Crippen MR) is 77.5 cm³/mol. The van der Waals surface area contributed by atoms with Crippen molar-refractivity contribution in [2.24, 2.45) is 5.73 Å². The van der Waals surface area contributed by atoms with Gasteiger partial charge in [0.1, 0.15) is 18.6 Å². The van der Waals surface area contributed by atoms with Gasteiger partial charge in [0, 0.05) is 6.42 Å². The Hall–Kier alpha value is -2.73. The molecule has 0 spiro atoms. The van der Waals surface area contributed by atoms with Gasteiger partial charge in [0.25, 0.3) is 0 Å². The van der Waals surface area contributed by atoms with E-state index < -0.39 is 67.9 Å². The van der Waals surface area contributed by atoms with Crippen molar-refractivity contribution in [2.45, 2.75) is 24.9 Å². The molecule has 0 fully saturated rings. The molecule has 0 saturated heterocycles. The number of carboxylic acids is 2. The number of carbonyl (C=O) groups is 5. The normalized spacial score (nSPS) is 12.6. The summed E-state index contributed by atoms with van der Waals surface area (Å²) in [6.07, 6.45) is -0.705. The summed E-state index contributed by atoms with van der Waals surface area (Å²) in [6, 6.07) is -2.49. The maximum atomic E-state index is 11.8. The lowest BCUT2D eigenvalue weighted by Gasteiger charge is -2.17. The van der Waals surface area contributed by atoms with E-state index in [1.54, 1.807) is 0 Å². The predicted octanol–water partition coefficient (Wildman–Crippen LogP) is -4.03. The van der Waals surface area contributed by atoms with Crippen LogP contribution in [0.3, 0.4) is 0 Å². The van der Waals surface area contributed by atoms with E-state index in [1.165, 1.54) is 0 Å². The SMILES string of the molecule is NC(CO)C(=O)NCC(=O)NC(CCC(=O)O)C(=O)NCC(=O)O. The highest BCUT2D eigenvalue weighted by atomic mass is 16.4. The van der Waals surface area contributed by atoms with Gasteiger partial charge in [-0.25, -0.2) is 0 Å². The van der Waals surface area contributed by atoms with Crippen LogP contribution in [-0.4, -0.2) is 76.8 Å². The van der Waals surface area contributed by atoms with E-state index in [0.29, 0.717) is 0 Å². The molecule has 0 aliphatic heterocycles. The maximum Gasteiger partial charge on any atom is 0.322 e. The number of aliphatic hydroxyl groups is 1. The standard InChI is InChI=1S/C12H20N4O8/c13-6(5-17)11(23)14-3-8(18)16-7(1-2-9(19)20)12(24)15-4-10(21)22/h6-7,17H,1-5,13H2,(H,14,23)(H,15,24)(H,16,18)(H,19,20)(H,21,22). The van der Waals surface area contributed by atoms with Crippen molar-refractivity contribution in [3.05, 3.63) is 0 Å². The molecule has 0 aromatic carbocycles. The van der Waals surface area contributed by atoms with E-state index in [4.69, 9.17) is 21.1 Å². The van der Waals surface area contributed by atoms with E-state index in [-0.39, 0.29) is 6.42 Å². The first-order valence-corrected chi connectivity index (χ1v) is 6.82. The third-order valence-electron chi connectivity index (χ3n) is 2.67. The van der Waals surface area contributed by atoms with Crippen LogP contribution in [0.2, 0.25) is 0 Å². The summed E-state index contributed by atoms with van der Waals surface area (Å²) in [4.78, 5) is 55.7. The van der Waals surface area contributed by atoms with Crippen LogP contribution in [0.5, 0.6) is 0 Å². The Balaban J connectivity index is 4.58. The average Bonchev–Trinajstić information content (AvgIpc) is 2.52. The summed E-state index contributed by atoms with van der Waals surface area (Å²) in [5.41, 5.74) is 5.22. The second kappa shape index (κ2) is 10.9. The van der Waals surface area contributed by atoms with Crippen LogP contribution < -0.4 is 21.7 Å². The molecule has 0 aromatic rings. The van der Waals surface area contributed by atoms with E-state index in [9.17, 15) is 24.0 Å². The minimum Gasteiger partial charge on any atom is -0.481 e. The van der Waals surface area contributed by atoms with Gasteiger partial charge in [-0.2, -0.15) is 0 Å². The van der Waals surface area contributed by atoms with E-state index in [0.717, 1.165) is 0 Å². The number of nitrogens with two attached hydrogens (primary N) is 1. The molecule has 0 rings (SSSR count). The number of aliphatic carboxylic acids is 2. The van der Waals surface area contributed by atoms with Gasteiger partial charge < -0.3 is 37.0 Å². The summed E-state index contributed by atoms with van der Waals surface area (Å²) >= 11 is 0. The van der Waals surface area contributed by atoms with E-state index in [1.807, 2.05) is 5.32 Å². The molecule has 3 amide bonds. The highest BCUT2D eigenvalue weighted by Crippen LogP contribution is 1.98. The van der Waals surface area contributed by atoms with Crippen molar-refractivity contribution < 1.29 is 39.3 Å².